The van der Waals surface area contributed by atoms with Crippen molar-refractivity contribution in [2.75, 3.05) is 70.4 Å². The number of carbonyl (C=O) groups is 2. The highest BCUT2D eigenvalue weighted by molar-refractivity contribution is 5.87. The average Bonchev–Trinajstić information content (AvgIpc) is 3.05. The van der Waals surface area contributed by atoms with Gasteiger partial charge in [-0.2, -0.15) is 9.97 Å². The summed E-state index contributed by atoms with van der Waals surface area (Å²) in [5.74, 6) is 1.40. The molecule has 1 N–H and O–H groups in total. The van der Waals surface area contributed by atoms with E-state index in [1.165, 1.54) is 17.0 Å². The van der Waals surface area contributed by atoms with E-state index in [1.807, 2.05) is 34.9 Å². The maximum absolute atomic E-state index is 12.0. The number of amides is 2. The van der Waals surface area contributed by atoms with Crippen LogP contribution in [0.15, 0.2) is 49.1 Å². The Morgan fingerprint density at radius 3 is 2.31 bits per heavy atom. The molecule has 2 aliphatic heterocycles. The largest absolute Gasteiger partial charge is 0.508 e. The van der Waals surface area contributed by atoms with Crippen LogP contribution in [0.3, 0.4) is 0 Å². The summed E-state index contributed by atoms with van der Waals surface area (Å²) < 4.78 is 6.02. The van der Waals surface area contributed by atoms with E-state index in [1.54, 1.807) is 19.1 Å². The van der Waals surface area contributed by atoms with Gasteiger partial charge >= 0.3 is 6.01 Å². The number of piperazine rings is 2. The number of benzene rings is 2. The topological polar surface area (TPSA) is 102 Å². The van der Waals surface area contributed by atoms with E-state index in [-0.39, 0.29) is 11.8 Å². The standard InChI is InChI=1S/C24H38N6O3.C11H10O/c1-5-8-20-21(6-2)25-24(33-18-17-27-9-11-28(12-10-27)19(4)31)26-23(20)30-15-13-29(14-16-30)22(32)7-3;1-8-6-10(12)7-9-4-2-3-5-11(8)9/h7H,3,5-6,8-18H2,1-2,4H3;2-7,12H,1H3. The average molecular weight is 617 g/mol. The fourth-order valence-electron chi connectivity index (χ4n) is 5.92. The summed E-state index contributed by atoms with van der Waals surface area (Å²) in [6.07, 6.45) is 4.14. The van der Waals surface area contributed by atoms with Gasteiger partial charge in [0.1, 0.15) is 18.2 Å². The quantitative estimate of drug-likeness (QED) is 0.357. The summed E-state index contributed by atoms with van der Waals surface area (Å²) in [7, 11) is 0. The molecule has 3 heterocycles. The number of aromatic nitrogens is 2. The molecule has 2 amide bonds. The molecule has 3 aromatic rings. The van der Waals surface area contributed by atoms with Crippen LogP contribution >= 0.6 is 0 Å². The predicted octanol–water partition coefficient (Wildman–Crippen LogP) is 4.22. The van der Waals surface area contributed by atoms with Gasteiger partial charge < -0.3 is 24.5 Å². The molecule has 0 spiro atoms. The minimum atomic E-state index is -0.0199. The first kappa shape index (κ1) is 33.7. The Bertz CT molecular complexity index is 1460. The Hall–Kier alpha value is -4.18. The van der Waals surface area contributed by atoms with Crippen molar-refractivity contribution in [1.29, 1.82) is 0 Å². The third-order valence-corrected chi connectivity index (χ3v) is 8.46. The Morgan fingerprint density at radius 2 is 1.67 bits per heavy atom. The molecule has 10 heteroatoms. The van der Waals surface area contributed by atoms with Crippen LogP contribution in [0.4, 0.5) is 5.82 Å². The van der Waals surface area contributed by atoms with E-state index in [9.17, 15) is 14.7 Å². The van der Waals surface area contributed by atoms with Gasteiger partial charge in [-0.1, -0.05) is 51.1 Å². The number of phenols is 1. The smallest absolute Gasteiger partial charge is 0.318 e. The van der Waals surface area contributed by atoms with Gasteiger partial charge in [0.15, 0.2) is 0 Å². The molecule has 0 bridgehead atoms. The molecule has 1 aromatic heterocycles. The van der Waals surface area contributed by atoms with Crippen molar-refractivity contribution in [2.45, 2.75) is 47.0 Å². The number of aryl methyl sites for hydroxylation is 2. The Labute approximate surface area is 267 Å². The van der Waals surface area contributed by atoms with Crippen LogP contribution in [0, 0.1) is 6.92 Å². The molecular formula is C35H48N6O4. The van der Waals surface area contributed by atoms with Gasteiger partial charge in [-0.3, -0.25) is 14.5 Å². The van der Waals surface area contributed by atoms with E-state index in [2.05, 4.69) is 36.3 Å². The van der Waals surface area contributed by atoms with E-state index in [0.29, 0.717) is 31.5 Å². The van der Waals surface area contributed by atoms with Crippen molar-refractivity contribution in [3.8, 4) is 11.8 Å². The Balaban J connectivity index is 0.000000318. The minimum absolute atomic E-state index is 0.0199. The highest BCUT2D eigenvalue weighted by Gasteiger charge is 2.25. The molecule has 0 atom stereocenters. The van der Waals surface area contributed by atoms with E-state index in [0.717, 1.165) is 87.5 Å². The number of hydrogen-bond donors (Lipinski definition) is 1. The number of fused-ring (bicyclic) bond motifs is 1. The maximum Gasteiger partial charge on any atom is 0.318 e. The van der Waals surface area contributed by atoms with Crippen molar-refractivity contribution >= 4 is 28.4 Å². The molecule has 5 rings (SSSR count). The molecule has 2 aromatic carbocycles. The van der Waals surface area contributed by atoms with Crippen molar-refractivity contribution in [3.63, 3.8) is 0 Å². The lowest BCUT2D eigenvalue weighted by atomic mass is 10.1. The third kappa shape index (κ3) is 8.94. The van der Waals surface area contributed by atoms with Crippen LogP contribution in [-0.2, 0) is 22.4 Å². The highest BCUT2D eigenvalue weighted by Crippen LogP contribution is 2.27. The summed E-state index contributed by atoms with van der Waals surface area (Å²) in [5, 5.41) is 11.6. The van der Waals surface area contributed by atoms with E-state index in [4.69, 9.17) is 14.7 Å². The van der Waals surface area contributed by atoms with Crippen LogP contribution in [0.5, 0.6) is 11.8 Å². The molecule has 242 valence electrons. The summed E-state index contributed by atoms with van der Waals surface area (Å²) >= 11 is 0. The molecular weight excluding hydrogens is 568 g/mol. The van der Waals surface area contributed by atoms with E-state index >= 15 is 0 Å². The zero-order chi connectivity index (χ0) is 32.3. The molecule has 0 unspecified atom stereocenters. The lowest BCUT2D eigenvalue weighted by Gasteiger charge is -2.36. The molecule has 10 nitrogen and oxygen atoms in total. The minimum Gasteiger partial charge on any atom is -0.508 e. The molecule has 45 heavy (non-hydrogen) atoms. The number of rotatable bonds is 9. The zero-order valence-corrected chi connectivity index (χ0v) is 27.3. The van der Waals surface area contributed by atoms with Crippen molar-refractivity contribution in [3.05, 3.63) is 65.9 Å². The molecule has 2 aliphatic rings. The number of phenolic OH excluding ortho intramolecular Hbond substituents is 1. The second-order valence-corrected chi connectivity index (χ2v) is 11.6. The van der Waals surface area contributed by atoms with Gasteiger partial charge in [0.2, 0.25) is 11.8 Å². The summed E-state index contributed by atoms with van der Waals surface area (Å²) in [4.78, 5) is 41.3. The van der Waals surface area contributed by atoms with Gasteiger partial charge in [0, 0.05) is 71.4 Å². The zero-order valence-electron chi connectivity index (χ0n) is 27.3. The molecule has 2 fully saturated rings. The number of nitrogens with zero attached hydrogens (tertiary/aromatic N) is 6. The number of ether oxygens (including phenoxy) is 1. The molecule has 0 radical (unpaired) electrons. The van der Waals surface area contributed by atoms with Crippen molar-refractivity contribution in [2.24, 2.45) is 0 Å². The maximum atomic E-state index is 12.0. The lowest BCUT2D eigenvalue weighted by Crippen LogP contribution is -2.49. The van der Waals surface area contributed by atoms with Crippen LogP contribution in [0.1, 0.15) is 44.0 Å². The highest BCUT2D eigenvalue weighted by atomic mass is 16.5. The second kappa shape index (κ2) is 16.2. The SMILES string of the molecule is C=CC(=O)N1CCN(c2nc(OCCN3CCN(C(C)=O)CC3)nc(CC)c2CCC)CC1.Cc1cc(O)cc2ccccc12. The van der Waals surface area contributed by atoms with Crippen molar-refractivity contribution < 1.29 is 19.4 Å². The monoisotopic (exact) mass is 616 g/mol. The normalized spacial score (nSPS) is 15.4. The number of hydrogen-bond acceptors (Lipinski definition) is 8. The molecule has 2 saturated heterocycles. The number of anilines is 1. The third-order valence-electron chi connectivity index (χ3n) is 8.46. The van der Waals surface area contributed by atoms with Gasteiger partial charge in [-0.15, -0.1) is 0 Å². The van der Waals surface area contributed by atoms with Gasteiger partial charge in [-0.05, 0) is 54.3 Å². The van der Waals surface area contributed by atoms with Crippen LogP contribution in [0.25, 0.3) is 10.8 Å². The fraction of sp³-hybridized carbons (Fsp3) is 0.486. The Kier molecular flexibility index (Phi) is 12.2. The molecule has 0 saturated carbocycles. The summed E-state index contributed by atoms with van der Waals surface area (Å²) in [5.41, 5.74) is 3.35. The lowest BCUT2D eigenvalue weighted by molar-refractivity contribution is -0.130. The second-order valence-electron chi connectivity index (χ2n) is 11.6. The van der Waals surface area contributed by atoms with Gasteiger partial charge in [0.05, 0.1) is 5.69 Å². The first-order valence-corrected chi connectivity index (χ1v) is 16.1. The van der Waals surface area contributed by atoms with Crippen LogP contribution in [-0.4, -0.2) is 107 Å². The summed E-state index contributed by atoms with van der Waals surface area (Å²) in [6.45, 7) is 18.8. The van der Waals surface area contributed by atoms with E-state index < -0.39 is 0 Å². The Morgan fingerprint density at radius 1 is 0.978 bits per heavy atom. The molecule has 0 aliphatic carbocycles. The number of aromatic hydroxyl groups is 1. The first-order chi connectivity index (χ1) is 21.7. The van der Waals surface area contributed by atoms with Gasteiger partial charge in [-0.25, -0.2) is 0 Å². The summed E-state index contributed by atoms with van der Waals surface area (Å²) in [6, 6.07) is 12.0. The van der Waals surface area contributed by atoms with Crippen LogP contribution in [0.2, 0.25) is 0 Å². The predicted molar refractivity (Wildman–Crippen MR) is 179 cm³/mol. The number of carbonyl (C=O) groups excluding carboxylic acids is 2. The van der Waals surface area contributed by atoms with Crippen molar-refractivity contribution in [1.82, 2.24) is 24.7 Å². The van der Waals surface area contributed by atoms with Gasteiger partial charge in [0.25, 0.3) is 0 Å². The van der Waals surface area contributed by atoms with Crippen LogP contribution < -0.4 is 9.64 Å². The fourth-order valence-corrected chi connectivity index (χ4v) is 5.92. The first-order valence-electron chi connectivity index (χ1n) is 16.1.